The van der Waals surface area contributed by atoms with E-state index in [1.165, 1.54) is 19.9 Å². The Hall–Kier alpha value is -3.67. The number of nitrogens with one attached hydrogen (secondary N) is 5. The predicted molar refractivity (Wildman–Crippen MR) is 139 cm³/mol. The molecule has 0 radical (unpaired) electrons. The monoisotopic (exact) mass is 533 g/mol. The van der Waals surface area contributed by atoms with Crippen LogP contribution in [0.5, 0.6) is 5.75 Å². The Morgan fingerprint density at radius 3 is 2.55 bits per heavy atom. The Balaban J connectivity index is 2.36. The van der Waals surface area contributed by atoms with Gasteiger partial charge in [-0.2, -0.15) is 0 Å². The minimum atomic E-state index is -1.41. The highest BCUT2D eigenvalue weighted by Crippen LogP contribution is 2.18. The number of rotatable bonds is 6. The van der Waals surface area contributed by atoms with Crippen LogP contribution in [0.2, 0.25) is 0 Å². The molecule has 0 aromatic heterocycles. The number of carbonyl (C=O) groups excluding carboxylic acids is 5. The third-order valence-electron chi connectivity index (χ3n) is 5.88. The van der Waals surface area contributed by atoms with Crippen molar-refractivity contribution in [2.75, 3.05) is 33.4 Å². The molecule has 12 heteroatoms. The molecule has 2 atom stereocenters. The summed E-state index contributed by atoms with van der Waals surface area (Å²) < 4.78 is 10.7. The molecule has 0 aliphatic carbocycles. The fourth-order valence-corrected chi connectivity index (χ4v) is 3.72. The number of amides is 5. The quantitative estimate of drug-likeness (QED) is 0.318. The van der Waals surface area contributed by atoms with E-state index in [2.05, 4.69) is 26.6 Å². The second-order valence-electron chi connectivity index (χ2n) is 9.87. The molecule has 0 spiro atoms. The fraction of sp³-hybridized carbons (Fsp3) is 0.577. The van der Waals surface area contributed by atoms with Gasteiger partial charge in [-0.05, 0) is 38.3 Å². The van der Waals surface area contributed by atoms with Crippen molar-refractivity contribution in [2.24, 2.45) is 5.92 Å². The SMILES string of the molecule is COCCCNC(=O)[C@@H]1CC(=O)NC(C)(C)C(=O)N[C@H](C(C)C)C(=O)NCCOc2ccccc2C(=O)N1. The summed E-state index contributed by atoms with van der Waals surface area (Å²) >= 11 is 0. The summed E-state index contributed by atoms with van der Waals surface area (Å²) in [6, 6.07) is 4.39. The van der Waals surface area contributed by atoms with Gasteiger partial charge in [0, 0.05) is 20.3 Å². The van der Waals surface area contributed by atoms with Crippen LogP contribution in [-0.4, -0.2) is 80.6 Å². The first-order valence-electron chi connectivity index (χ1n) is 12.6. The van der Waals surface area contributed by atoms with Gasteiger partial charge < -0.3 is 36.1 Å². The van der Waals surface area contributed by atoms with Crippen LogP contribution in [0.4, 0.5) is 0 Å². The molecule has 0 bridgehead atoms. The zero-order chi connectivity index (χ0) is 28.3. The highest BCUT2D eigenvalue weighted by atomic mass is 16.5. The molecule has 1 aromatic carbocycles. The molecule has 0 saturated carbocycles. The number of fused-ring (bicyclic) bond motifs is 1. The van der Waals surface area contributed by atoms with E-state index in [0.717, 1.165) is 0 Å². The fourth-order valence-electron chi connectivity index (χ4n) is 3.72. The molecule has 2 rings (SSSR count). The Labute approximate surface area is 223 Å². The third kappa shape index (κ3) is 9.02. The van der Waals surface area contributed by atoms with Crippen molar-refractivity contribution in [2.45, 2.75) is 58.2 Å². The van der Waals surface area contributed by atoms with Crippen molar-refractivity contribution in [3.8, 4) is 5.75 Å². The van der Waals surface area contributed by atoms with Crippen LogP contribution in [0, 0.1) is 5.92 Å². The molecule has 0 unspecified atom stereocenters. The molecule has 0 saturated heterocycles. The predicted octanol–water partition coefficient (Wildman–Crippen LogP) is -0.128. The average Bonchev–Trinajstić information content (AvgIpc) is 2.86. The van der Waals surface area contributed by atoms with Gasteiger partial charge in [-0.1, -0.05) is 26.0 Å². The number of hydrogen-bond donors (Lipinski definition) is 5. The van der Waals surface area contributed by atoms with Crippen molar-refractivity contribution < 1.29 is 33.4 Å². The van der Waals surface area contributed by atoms with Gasteiger partial charge in [-0.3, -0.25) is 24.0 Å². The van der Waals surface area contributed by atoms with Crippen LogP contribution in [0.1, 0.15) is 50.9 Å². The lowest BCUT2D eigenvalue weighted by Crippen LogP contribution is -2.60. The van der Waals surface area contributed by atoms with Gasteiger partial charge in [0.25, 0.3) is 5.91 Å². The van der Waals surface area contributed by atoms with Gasteiger partial charge in [0.05, 0.1) is 18.5 Å². The van der Waals surface area contributed by atoms with Crippen molar-refractivity contribution in [3.05, 3.63) is 29.8 Å². The first kappa shape index (κ1) is 30.6. The van der Waals surface area contributed by atoms with Crippen molar-refractivity contribution in [1.29, 1.82) is 0 Å². The molecule has 1 aliphatic rings. The topological polar surface area (TPSA) is 164 Å². The van der Waals surface area contributed by atoms with E-state index >= 15 is 0 Å². The summed E-state index contributed by atoms with van der Waals surface area (Å²) in [5.74, 6) is -2.77. The molecule has 12 nitrogen and oxygen atoms in total. The molecule has 1 aliphatic heterocycles. The van der Waals surface area contributed by atoms with Gasteiger partial charge in [0.1, 0.15) is 30.0 Å². The summed E-state index contributed by atoms with van der Waals surface area (Å²) in [5, 5.41) is 13.3. The number of hydrogen-bond acceptors (Lipinski definition) is 7. The lowest BCUT2D eigenvalue weighted by molar-refractivity contribution is -0.136. The molecular weight excluding hydrogens is 494 g/mol. The minimum absolute atomic E-state index is 0.0593. The second-order valence-corrected chi connectivity index (χ2v) is 9.87. The van der Waals surface area contributed by atoms with Gasteiger partial charge in [0.2, 0.25) is 23.6 Å². The van der Waals surface area contributed by atoms with E-state index in [1.807, 2.05) is 0 Å². The van der Waals surface area contributed by atoms with Gasteiger partial charge >= 0.3 is 0 Å². The zero-order valence-corrected chi connectivity index (χ0v) is 22.6. The van der Waals surface area contributed by atoms with E-state index in [4.69, 9.17) is 9.47 Å². The summed E-state index contributed by atoms with van der Waals surface area (Å²) in [5.41, 5.74) is -1.24. The Morgan fingerprint density at radius 2 is 1.87 bits per heavy atom. The zero-order valence-electron chi connectivity index (χ0n) is 22.6. The molecule has 1 heterocycles. The smallest absolute Gasteiger partial charge is 0.255 e. The highest BCUT2D eigenvalue weighted by molar-refractivity contribution is 6.01. The summed E-state index contributed by atoms with van der Waals surface area (Å²) in [7, 11) is 1.54. The third-order valence-corrected chi connectivity index (χ3v) is 5.88. The maximum atomic E-state index is 13.1. The Bertz CT molecular complexity index is 1010. The average molecular weight is 534 g/mol. The van der Waals surface area contributed by atoms with Crippen LogP contribution < -0.4 is 31.3 Å². The summed E-state index contributed by atoms with van der Waals surface area (Å²) in [6.45, 7) is 7.46. The number of methoxy groups -OCH3 is 1. The van der Waals surface area contributed by atoms with Gasteiger partial charge in [-0.15, -0.1) is 0 Å². The summed E-state index contributed by atoms with van der Waals surface area (Å²) in [6.07, 6.45) is 0.123. The van der Waals surface area contributed by atoms with Crippen LogP contribution in [0.15, 0.2) is 24.3 Å². The van der Waals surface area contributed by atoms with E-state index in [-0.39, 0.29) is 36.9 Å². The van der Waals surface area contributed by atoms with Crippen molar-refractivity contribution in [3.63, 3.8) is 0 Å². The molecular formula is C26H39N5O7. The minimum Gasteiger partial charge on any atom is -0.491 e. The van der Waals surface area contributed by atoms with Crippen LogP contribution in [-0.2, 0) is 23.9 Å². The number of ether oxygens (including phenoxy) is 2. The van der Waals surface area contributed by atoms with Gasteiger partial charge in [0.15, 0.2) is 0 Å². The molecule has 210 valence electrons. The van der Waals surface area contributed by atoms with E-state index in [0.29, 0.717) is 13.0 Å². The lowest BCUT2D eigenvalue weighted by Gasteiger charge is -2.30. The second kappa shape index (κ2) is 14.3. The Kier molecular flexibility index (Phi) is 11.5. The number of carbonyl (C=O) groups is 5. The standard InChI is InChI=1S/C26H39N5O7/c1-16(2)21-24(35)28-12-14-38-19-10-7-6-9-17(19)22(33)29-18(23(34)27-11-8-13-37-5)15-20(32)31-26(3,4)25(36)30-21/h6-7,9-10,16,18,21H,8,11-15H2,1-5H3,(H,27,34)(H,28,35)(H,29,33)(H,30,36)(H,31,32)/t18-,21+/m0/s1. The van der Waals surface area contributed by atoms with Crippen molar-refractivity contribution in [1.82, 2.24) is 26.6 Å². The molecule has 5 N–H and O–H groups in total. The van der Waals surface area contributed by atoms with E-state index in [1.54, 1.807) is 39.2 Å². The number of para-hydroxylation sites is 1. The van der Waals surface area contributed by atoms with Crippen LogP contribution in [0.25, 0.3) is 0 Å². The van der Waals surface area contributed by atoms with Crippen molar-refractivity contribution >= 4 is 29.5 Å². The summed E-state index contributed by atoms with van der Waals surface area (Å²) in [4.78, 5) is 64.8. The number of benzene rings is 1. The van der Waals surface area contributed by atoms with Crippen LogP contribution in [0.3, 0.4) is 0 Å². The molecule has 5 amide bonds. The Morgan fingerprint density at radius 1 is 1.16 bits per heavy atom. The molecule has 0 fully saturated rings. The van der Waals surface area contributed by atoms with Gasteiger partial charge in [-0.25, -0.2) is 0 Å². The van der Waals surface area contributed by atoms with E-state index in [9.17, 15) is 24.0 Å². The molecule has 1 aromatic rings. The van der Waals surface area contributed by atoms with Crippen LogP contribution >= 0.6 is 0 Å². The maximum Gasteiger partial charge on any atom is 0.255 e. The first-order valence-corrected chi connectivity index (χ1v) is 12.6. The largest absolute Gasteiger partial charge is 0.491 e. The normalized spacial score (nSPS) is 21.1. The first-order chi connectivity index (χ1) is 18.0. The maximum absolute atomic E-state index is 13.1. The lowest BCUT2D eigenvalue weighted by atomic mass is 9.99. The highest BCUT2D eigenvalue weighted by Gasteiger charge is 2.35. The van der Waals surface area contributed by atoms with E-state index < -0.39 is 53.6 Å². The molecule has 38 heavy (non-hydrogen) atoms.